The summed E-state index contributed by atoms with van der Waals surface area (Å²) in [6.07, 6.45) is 3.34. The first-order valence-electron chi connectivity index (χ1n) is 5.69. The van der Waals surface area contributed by atoms with Crippen LogP contribution in [0, 0.1) is 0 Å². The average molecular weight is 232 g/mol. The molecular weight excluding hydrogens is 212 g/mol. The first-order valence-corrected chi connectivity index (χ1v) is 5.69. The molecule has 3 nitrogen and oxygen atoms in total. The molecule has 17 heavy (non-hydrogen) atoms. The molecule has 3 heteroatoms. The second-order valence-electron chi connectivity index (χ2n) is 5.16. The minimum atomic E-state index is -0.0298. The molecule has 0 bridgehead atoms. The fraction of sp³-hybridized carbons (Fsp3) is 0.429. The standard InChI is InChI=1S/C14H20N2O/c1-6-9-16(5)13(17)11-7-8-12(15-10-11)14(2,3)4/h6-8,10H,1,9H2,2-5H3. The van der Waals surface area contributed by atoms with Crippen molar-refractivity contribution in [3.05, 3.63) is 42.2 Å². The van der Waals surface area contributed by atoms with Crippen LogP contribution in [0.15, 0.2) is 31.0 Å². The SMILES string of the molecule is C=CCN(C)C(=O)c1ccc(C(C)(C)C)nc1. The summed E-state index contributed by atoms with van der Waals surface area (Å²) in [5, 5.41) is 0. The van der Waals surface area contributed by atoms with Gasteiger partial charge in [-0.15, -0.1) is 6.58 Å². The molecule has 1 rings (SSSR count). The van der Waals surface area contributed by atoms with E-state index in [1.54, 1.807) is 24.2 Å². The maximum absolute atomic E-state index is 11.9. The second kappa shape index (κ2) is 5.13. The van der Waals surface area contributed by atoms with Crippen LogP contribution in [0.5, 0.6) is 0 Å². The van der Waals surface area contributed by atoms with E-state index in [0.29, 0.717) is 12.1 Å². The van der Waals surface area contributed by atoms with Gasteiger partial charge in [0.25, 0.3) is 5.91 Å². The third-order valence-corrected chi connectivity index (χ3v) is 2.53. The number of rotatable bonds is 3. The summed E-state index contributed by atoms with van der Waals surface area (Å²) < 4.78 is 0. The van der Waals surface area contributed by atoms with Gasteiger partial charge >= 0.3 is 0 Å². The number of likely N-dealkylation sites (N-methyl/N-ethyl adjacent to an activating group) is 1. The maximum atomic E-state index is 11.9. The molecule has 0 saturated heterocycles. The van der Waals surface area contributed by atoms with Crippen molar-refractivity contribution in [1.82, 2.24) is 9.88 Å². The zero-order valence-corrected chi connectivity index (χ0v) is 11.0. The Bertz CT molecular complexity index is 401. The highest BCUT2D eigenvalue weighted by Crippen LogP contribution is 2.19. The summed E-state index contributed by atoms with van der Waals surface area (Å²) in [6, 6.07) is 3.74. The van der Waals surface area contributed by atoms with Crippen LogP contribution >= 0.6 is 0 Å². The summed E-state index contributed by atoms with van der Waals surface area (Å²) in [6.45, 7) is 10.4. The highest BCUT2D eigenvalue weighted by molar-refractivity contribution is 5.93. The Hall–Kier alpha value is -1.64. The number of aromatic nitrogens is 1. The Morgan fingerprint density at radius 2 is 2.12 bits per heavy atom. The molecule has 0 aliphatic rings. The molecule has 0 unspecified atom stereocenters. The van der Waals surface area contributed by atoms with Gasteiger partial charge < -0.3 is 4.90 Å². The van der Waals surface area contributed by atoms with Crippen molar-refractivity contribution in [2.75, 3.05) is 13.6 Å². The predicted octanol–water partition coefficient (Wildman–Crippen LogP) is 2.64. The molecule has 1 aromatic heterocycles. The Labute approximate surface area is 103 Å². The van der Waals surface area contributed by atoms with Gasteiger partial charge in [0.2, 0.25) is 0 Å². The fourth-order valence-corrected chi connectivity index (χ4v) is 1.46. The molecule has 0 aliphatic heterocycles. The van der Waals surface area contributed by atoms with Gasteiger partial charge in [0.15, 0.2) is 0 Å². The van der Waals surface area contributed by atoms with E-state index in [0.717, 1.165) is 5.69 Å². The molecule has 0 fully saturated rings. The van der Waals surface area contributed by atoms with Crippen LogP contribution in [-0.4, -0.2) is 29.4 Å². The van der Waals surface area contributed by atoms with Gasteiger partial charge in [-0.2, -0.15) is 0 Å². The van der Waals surface area contributed by atoms with Crippen molar-refractivity contribution in [1.29, 1.82) is 0 Å². The van der Waals surface area contributed by atoms with Crippen LogP contribution in [-0.2, 0) is 5.41 Å². The van der Waals surface area contributed by atoms with E-state index in [1.807, 2.05) is 12.1 Å². The van der Waals surface area contributed by atoms with Crippen molar-refractivity contribution in [2.45, 2.75) is 26.2 Å². The van der Waals surface area contributed by atoms with E-state index < -0.39 is 0 Å². The molecule has 0 spiro atoms. The minimum Gasteiger partial charge on any atom is -0.338 e. The first-order chi connectivity index (χ1) is 7.86. The van der Waals surface area contributed by atoms with Gasteiger partial charge in [0, 0.05) is 30.9 Å². The summed E-state index contributed by atoms with van der Waals surface area (Å²) in [4.78, 5) is 17.9. The lowest BCUT2D eigenvalue weighted by molar-refractivity contribution is 0.0809. The lowest BCUT2D eigenvalue weighted by Crippen LogP contribution is -2.27. The Kier molecular flexibility index (Phi) is 4.05. The normalized spacial score (nSPS) is 11.1. The van der Waals surface area contributed by atoms with Gasteiger partial charge in [-0.25, -0.2) is 0 Å². The third-order valence-electron chi connectivity index (χ3n) is 2.53. The van der Waals surface area contributed by atoms with Gasteiger partial charge in [0.05, 0.1) is 5.56 Å². The van der Waals surface area contributed by atoms with Crippen LogP contribution in [0.3, 0.4) is 0 Å². The van der Waals surface area contributed by atoms with Gasteiger partial charge in [0.1, 0.15) is 0 Å². The highest BCUT2D eigenvalue weighted by Gasteiger charge is 2.16. The molecule has 1 amide bonds. The van der Waals surface area contributed by atoms with E-state index in [2.05, 4.69) is 32.3 Å². The van der Waals surface area contributed by atoms with Crippen LogP contribution in [0.4, 0.5) is 0 Å². The Morgan fingerprint density at radius 1 is 1.47 bits per heavy atom. The third kappa shape index (κ3) is 3.41. The lowest BCUT2D eigenvalue weighted by atomic mass is 9.91. The zero-order valence-electron chi connectivity index (χ0n) is 11.0. The van der Waals surface area contributed by atoms with Crippen LogP contribution in [0.25, 0.3) is 0 Å². The Balaban J connectivity index is 2.88. The van der Waals surface area contributed by atoms with E-state index in [-0.39, 0.29) is 11.3 Å². The topological polar surface area (TPSA) is 33.2 Å². The number of amides is 1. The smallest absolute Gasteiger partial charge is 0.255 e. The first kappa shape index (κ1) is 13.4. The fourth-order valence-electron chi connectivity index (χ4n) is 1.46. The summed E-state index contributed by atoms with van der Waals surface area (Å²) in [5.41, 5.74) is 1.61. The number of hydrogen-bond acceptors (Lipinski definition) is 2. The number of carbonyl (C=O) groups excluding carboxylic acids is 1. The molecule has 0 N–H and O–H groups in total. The summed E-state index contributed by atoms with van der Waals surface area (Å²) >= 11 is 0. The molecule has 1 heterocycles. The number of nitrogens with zero attached hydrogens (tertiary/aromatic N) is 2. The Morgan fingerprint density at radius 3 is 2.53 bits per heavy atom. The van der Waals surface area contributed by atoms with Crippen molar-refractivity contribution in [2.24, 2.45) is 0 Å². The number of pyridine rings is 1. The quantitative estimate of drug-likeness (QED) is 0.751. The van der Waals surface area contributed by atoms with Crippen molar-refractivity contribution in [3.63, 3.8) is 0 Å². The van der Waals surface area contributed by atoms with Crippen molar-refractivity contribution in [3.8, 4) is 0 Å². The maximum Gasteiger partial charge on any atom is 0.255 e. The molecule has 0 saturated carbocycles. The van der Waals surface area contributed by atoms with E-state index in [1.165, 1.54) is 0 Å². The number of carbonyl (C=O) groups is 1. The molecule has 0 radical (unpaired) electrons. The second-order valence-corrected chi connectivity index (χ2v) is 5.16. The van der Waals surface area contributed by atoms with Crippen molar-refractivity contribution < 1.29 is 4.79 Å². The highest BCUT2D eigenvalue weighted by atomic mass is 16.2. The van der Waals surface area contributed by atoms with Crippen LogP contribution < -0.4 is 0 Å². The van der Waals surface area contributed by atoms with E-state index >= 15 is 0 Å². The molecular formula is C14H20N2O. The molecule has 0 aliphatic carbocycles. The summed E-state index contributed by atoms with van der Waals surface area (Å²) in [5.74, 6) is -0.0298. The summed E-state index contributed by atoms with van der Waals surface area (Å²) in [7, 11) is 1.75. The van der Waals surface area contributed by atoms with Crippen LogP contribution in [0.1, 0.15) is 36.8 Å². The zero-order chi connectivity index (χ0) is 13.1. The van der Waals surface area contributed by atoms with Crippen LogP contribution in [0.2, 0.25) is 0 Å². The molecule has 92 valence electrons. The van der Waals surface area contributed by atoms with Gasteiger partial charge in [-0.1, -0.05) is 26.8 Å². The van der Waals surface area contributed by atoms with Gasteiger partial charge in [-0.3, -0.25) is 9.78 Å². The minimum absolute atomic E-state index is 0.00853. The van der Waals surface area contributed by atoms with E-state index in [9.17, 15) is 4.79 Å². The lowest BCUT2D eigenvalue weighted by Gasteiger charge is -2.19. The molecule has 0 atom stereocenters. The largest absolute Gasteiger partial charge is 0.338 e. The number of hydrogen-bond donors (Lipinski definition) is 0. The van der Waals surface area contributed by atoms with Crippen molar-refractivity contribution >= 4 is 5.91 Å². The monoisotopic (exact) mass is 232 g/mol. The predicted molar refractivity (Wildman–Crippen MR) is 70.1 cm³/mol. The van der Waals surface area contributed by atoms with E-state index in [4.69, 9.17) is 0 Å². The van der Waals surface area contributed by atoms with Gasteiger partial charge in [-0.05, 0) is 12.1 Å². The molecule has 1 aromatic rings. The average Bonchev–Trinajstić information content (AvgIpc) is 2.27. The molecule has 0 aromatic carbocycles.